The van der Waals surface area contributed by atoms with Gasteiger partial charge in [-0.1, -0.05) is 6.58 Å². The molecule has 0 bridgehead atoms. The van der Waals surface area contributed by atoms with Crippen molar-refractivity contribution in [1.82, 2.24) is 14.5 Å². The van der Waals surface area contributed by atoms with E-state index < -0.39 is 0 Å². The van der Waals surface area contributed by atoms with Gasteiger partial charge in [-0.2, -0.15) is 0 Å². The second-order valence-corrected chi connectivity index (χ2v) is 3.64. The summed E-state index contributed by atoms with van der Waals surface area (Å²) in [7, 11) is 7.60. The number of hydrogen-bond donors (Lipinski definition) is 1. The molecule has 3 nitrogen and oxygen atoms in total. The van der Waals surface area contributed by atoms with Gasteiger partial charge >= 0.3 is 7.12 Å². The second kappa shape index (κ2) is 4.27. The second-order valence-electron chi connectivity index (χ2n) is 3.64. The molecule has 2 aliphatic rings. The van der Waals surface area contributed by atoms with Crippen molar-refractivity contribution in [2.75, 3.05) is 0 Å². The molecule has 0 aromatic carbocycles. The highest BCUT2D eigenvalue weighted by molar-refractivity contribution is 7.39. The highest BCUT2D eigenvalue weighted by atomic mass is 15.2. The molecule has 13 heavy (non-hydrogen) atoms. The summed E-state index contributed by atoms with van der Waals surface area (Å²) >= 11 is 0. The highest BCUT2D eigenvalue weighted by Gasteiger charge is 2.35. The molecule has 58 valence electrons. The molecule has 0 atom stereocenters. The molecule has 2 saturated heterocycles. The Bertz CT molecular complexity index is 227. The van der Waals surface area contributed by atoms with Gasteiger partial charge in [0, 0.05) is 6.20 Å². The lowest BCUT2D eigenvalue weighted by Gasteiger charge is -2.43. The van der Waals surface area contributed by atoms with E-state index >= 15 is 0 Å². The maximum Gasteiger partial charge on any atom is 0.383 e. The van der Waals surface area contributed by atoms with Gasteiger partial charge in [0.25, 0.3) is 0 Å². The molecule has 0 amide bonds. The van der Waals surface area contributed by atoms with Crippen LogP contribution >= 0.6 is 0 Å². The average molecular weight is 164 g/mol. The van der Waals surface area contributed by atoms with Crippen LogP contribution in [0.15, 0.2) is 18.5 Å². The van der Waals surface area contributed by atoms with Crippen LogP contribution in [0.25, 0.3) is 0 Å². The molecule has 2 heterocycles. The topological polar surface area (TPSA) is 18.5 Å². The summed E-state index contributed by atoms with van der Waals surface area (Å²) in [5.41, 5.74) is 2.85. The SMILES string of the molecule is C=C=CN1BBBN2BBBNB21. The van der Waals surface area contributed by atoms with Crippen LogP contribution in [0.4, 0.5) is 0 Å². The minimum atomic E-state index is 0.400. The Balaban J connectivity index is 2.06. The molecule has 1 N–H and O–H groups in total. The number of rotatable bonds is 1. The van der Waals surface area contributed by atoms with Crippen LogP contribution in [0.5, 0.6) is 0 Å². The lowest BCUT2D eigenvalue weighted by atomic mass is 9.13. The van der Waals surface area contributed by atoms with Gasteiger partial charge < -0.3 is 14.5 Å². The minimum Gasteiger partial charge on any atom is -0.445 e. The van der Waals surface area contributed by atoms with Crippen molar-refractivity contribution < 1.29 is 0 Å². The first kappa shape index (κ1) is 9.26. The lowest BCUT2D eigenvalue weighted by molar-refractivity contribution is 0.806. The van der Waals surface area contributed by atoms with Crippen LogP contribution in [-0.2, 0) is 0 Å². The van der Waals surface area contributed by atoms with E-state index in [1.54, 1.807) is 0 Å². The highest BCUT2D eigenvalue weighted by Crippen LogP contribution is 2.02. The van der Waals surface area contributed by atoms with Crippen LogP contribution in [0, 0.1) is 0 Å². The quantitative estimate of drug-likeness (QED) is 0.311. The predicted octanol–water partition coefficient (Wildman–Crippen LogP) is -4.57. The summed E-state index contributed by atoms with van der Waals surface area (Å²) in [5.74, 6) is 0. The Hall–Kier alpha value is -0.305. The number of hydrogen-bond acceptors (Lipinski definition) is 3. The summed E-state index contributed by atoms with van der Waals surface area (Å²) in [6.07, 6.45) is 1.97. The van der Waals surface area contributed by atoms with Gasteiger partial charge in [-0.15, -0.1) is 5.73 Å². The van der Waals surface area contributed by atoms with Gasteiger partial charge in [-0.05, 0) is 0 Å². The molecule has 0 aromatic rings. The van der Waals surface area contributed by atoms with E-state index in [1.807, 2.05) is 6.20 Å². The summed E-state index contributed by atoms with van der Waals surface area (Å²) in [6, 6.07) is 0. The van der Waals surface area contributed by atoms with Crippen molar-refractivity contribution in [3.05, 3.63) is 18.5 Å². The van der Waals surface area contributed by atoms with E-state index in [-0.39, 0.29) is 0 Å². The molecule has 0 radical (unpaired) electrons. The van der Waals surface area contributed by atoms with Crippen LogP contribution in [0.3, 0.4) is 0 Å². The van der Waals surface area contributed by atoms with Gasteiger partial charge in [0.2, 0.25) is 0 Å². The molecule has 2 aliphatic heterocycles. The molecule has 0 saturated carbocycles. The Labute approximate surface area is 84.0 Å². The van der Waals surface area contributed by atoms with E-state index in [0.29, 0.717) is 7.12 Å². The predicted molar refractivity (Wildman–Crippen MR) is 69.2 cm³/mol. The van der Waals surface area contributed by atoms with E-state index in [2.05, 4.69) is 26.8 Å². The van der Waals surface area contributed by atoms with Crippen molar-refractivity contribution >= 4 is 50.5 Å². The van der Waals surface area contributed by atoms with Crippen LogP contribution in [0.2, 0.25) is 0 Å². The smallest absolute Gasteiger partial charge is 0.383 e. The maximum atomic E-state index is 3.62. The van der Waals surface area contributed by atoms with Crippen LogP contribution in [0.1, 0.15) is 0 Å². The van der Waals surface area contributed by atoms with Crippen molar-refractivity contribution in [3.63, 3.8) is 0 Å². The summed E-state index contributed by atoms with van der Waals surface area (Å²) in [6.45, 7) is 3.62. The molecule has 10 heteroatoms. The first-order valence-corrected chi connectivity index (χ1v) is 5.01. The first-order chi connectivity index (χ1) is 6.42. The molecule has 0 spiro atoms. The fraction of sp³-hybridized carbons (Fsp3) is 0. The fourth-order valence-electron chi connectivity index (χ4n) is 2.16. The Kier molecular flexibility index (Phi) is 3.04. The van der Waals surface area contributed by atoms with E-state index in [9.17, 15) is 0 Å². The largest absolute Gasteiger partial charge is 0.445 e. The third-order valence-electron chi connectivity index (χ3n) is 2.73. The lowest BCUT2D eigenvalue weighted by Crippen LogP contribution is -2.74. The van der Waals surface area contributed by atoms with Crippen molar-refractivity contribution in [2.24, 2.45) is 0 Å². The molecule has 2 fully saturated rings. The zero-order chi connectivity index (χ0) is 9.10. The fourth-order valence-corrected chi connectivity index (χ4v) is 2.16. The van der Waals surface area contributed by atoms with Crippen LogP contribution in [-0.4, -0.2) is 59.8 Å². The van der Waals surface area contributed by atoms with Gasteiger partial charge in [-0.25, -0.2) is 0 Å². The minimum absolute atomic E-state index is 0.400. The summed E-state index contributed by atoms with van der Waals surface area (Å²) < 4.78 is 4.77. The Morgan fingerprint density at radius 3 is 3.00 bits per heavy atom. The number of nitrogens with one attached hydrogen (secondary N) is 1. The standard InChI is InChI=1S/C3H10B7N3/c1-2-3-12-7-5-9-13-8-4-6-11-10(12)13/h3-9,11H,1H2. The van der Waals surface area contributed by atoms with E-state index in [1.165, 1.54) is 28.7 Å². The molecular formula is C3H10B7N3. The average Bonchev–Trinajstić information content (AvgIpc) is 2.19. The molecule has 0 unspecified atom stereocenters. The van der Waals surface area contributed by atoms with E-state index in [4.69, 9.17) is 0 Å². The van der Waals surface area contributed by atoms with Gasteiger partial charge in [0.05, 0.1) is 7.06 Å². The zero-order valence-corrected chi connectivity index (χ0v) is 8.00. The normalized spacial score (nSPS) is 20.0. The monoisotopic (exact) mass is 165 g/mol. The summed E-state index contributed by atoms with van der Waals surface area (Å²) in [5, 5.41) is 3.51. The maximum absolute atomic E-state index is 3.62. The van der Waals surface area contributed by atoms with Gasteiger partial charge in [-0.3, -0.25) is 0 Å². The van der Waals surface area contributed by atoms with E-state index in [0.717, 1.165) is 14.6 Å². The molecule has 0 aliphatic carbocycles. The van der Waals surface area contributed by atoms with Crippen molar-refractivity contribution in [2.45, 2.75) is 0 Å². The summed E-state index contributed by atoms with van der Waals surface area (Å²) in [4.78, 5) is 0. The molecule has 0 aromatic heterocycles. The van der Waals surface area contributed by atoms with Crippen molar-refractivity contribution in [1.29, 1.82) is 0 Å². The van der Waals surface area contributed by atoms with Gasteiger partial charge in [0.1, 0.15) is 29.0 Å². The molecule has 2 rings (SSSR count). The zero-order valence-electron chi connectivity index (χ0n) is 8.00. The third kappa shape index (κ3) is 1.96. The third-order valence-corrected chi connectivity index (χ3v) is 2.73. The molecular weight excluding hydrogens is 154 g/mol. The Morgan fingerprint density at radius 2 is 2.15 bits per heavy atom. The van der Waals surface area contributed by atoms with Crippen molar-refractivity contribution in [3.8, 4) is 0 Å². The Morgan fingerprint density at radius 1 is 1.31 bits per heavy atom. The van der Waals surface area contributed by atoms with Gasteiger partial charge in [0.15, 0.2) is 7.31 Å². The van der Waals surface area contributed by atoms with Crippen LogP contribution < -0.4 is 5.14 Å². The number of fused-ring (bicyclic) bond motifs is 1. The number of nitrogens with zero attached hydrogens (tertiary/aromatic N) is 2. The first-order valence-electron chi connectivity index (χ1n) is 5.01.